The Morgan fingerprint density at radius 2 is 1.85 bits per heavy atom. The fourth-order valence-electron chi connectivity index (χ4n) is 2.42. The van der Waals surface area contributed by atoms with Crippen LogP contribution in [-0.2, 0) is 17.4 Å². The number of hydrogen-bond donors (Lipinski definition) is 1. The van der Waals surface area contributed by atoms with Crippen LogP contribution >= 0.6 is 0 Å². The van der Waals surface area contributed by atoms with E-state index in [1.807, 2.05) is 30.3 Å². The molecule has 0 spiro atoms. The first-order valence-corrected chi connectivity index (χ1v) is 7.82. The molecule has 1 amide bonds. The van der Waals surface area contributed by atoms with Crippen LogP contribution in [0.5, 0.6) is 0 Å². The summed E-state index contributed by atoms with van der Waals surface area (Å²) in [6.45, 7) is 1.71. The van der Waals surface area contributed by atoms with Crippen molar-refractivity contribution in [1.29, 1.82) is 0 Å². The molecule has 3 rings (SSSR count). The normalized spacial score (nSPS) is 11.4. The summed E-state index contributed by atoms with van der Waals surface area (Å²) in [6.07, 6.45) is -4.59. The highest BCUT2D eigenvalue weighted by molar-refractivity contribution is 5.92. The van der Waals surface area contributed by atoms with E-state index in [1.165, 1.54) is 12.1 Å². The molecule has 7 heteroatoms. The molecule has 2 aromatic carbocycles. The van der Waals surface area contributed by atoms with Crippen LogP contribution in [0.4, 0.5) is 18.9 Å². The van der Waals surface area contributed by atoms with Crippen molar-refractivity contribution in [1.82, 2.24) is 4.98 Å². The van der Waals surface area contributed by atoms with Gasteiger partial charge in [0.15, 0.2) is 0 Å². The van der Waals surface area contributed by atoms with Crippen molar-refractivity contribution in [3.63, 3.8) is 0 Å². The summed E-state index contributed by atoms with van der Waals surface area (Å²) in [4.78, 5) is 16.5. The zero-order chi connectivity index (χ0) is 18.7. The van der Waals surface area contributed by atoms with Crippen molar-refractivity contribution < 1.29 is 22.4 Å². The third-order valence-corrected chi connectivity index (χ3v) is 3.71. The van der Waals surface area contributed by atoms with Crippen LogP contribution in [0.15, 0.2) is 59.0 Å². The predicted molar refractivity (Wildman–Crippen MR) is 90.5 cm³/mol. The number of carbonyl (C=O) groups excluding carboxylic acids is 1. The number of carbonyl (C=O) groups is 1. The molecule has 0 saturated heterocycles. The summed E-state index contributed by atoms with van der Waals surface area (Å²) in [6, 6.07) is 13.7. The predicted octanol–water partition coefficient (Wildman–Crippen LogP) is 4.85. The highest BCUT2D eigenvalue weighted by Gasteiger charge is 2.30. The average molecular weight is 360 g/mol. The van der Waals surface area contributed by atoms with Crippen LogP contribution in [0.1, 0.15) is 17.0 Å². The van der Waals surface area contributed by atoms with Gasteiger partial charge in [-0.25, -0.2) is 4.98 Å². The molecule has 26 heavy (non-hydrogen) atoms. The smallest absolute Gasteiger partial charge is 0.416 e. The van der Waals surface area contributed by atoms with E-state index >= 15 is 0 Å². The average Bonchev–Trinajstić information content (AvgIpc) is 2.96. The van der Waals surface area contributed by atoms with E-state index in [2.05, 4.69) is 10.3 Å². The second kappa shape index (κ2) is 7.03. The minimum absolute atomic E-state index is 0.0743. The van der Waals surface area contributed by atoms with Crippen LogP contribution in [-0.4, -0.2) is 10.9 Å². The molecule has 0 bridgehead atoms. The second-order valence-corrected chi connectivity index (χ2v) is 5.70. The molecule has 0 fully saturated rings. The Morgan fingerprint density at radius 1 is 1.12 bits per heavy atom. The topological polar surface area (TPSA) is 55.1 Å². The van der Waals surface area contributed by atoms with Crippen LogP contribution < -0.4 is 5.32 Å². The number of nitrogens with zero attached hydrogens (tertiary/aromatic N) is 1. The van der Waals surface area contributed by atoms with Crippen molar-refractivity contribution >= 4 is 11.6 Å². The Bertz CT molecular complexity index is 918. The monoisotopic (exact) mass is 360 g/mol. The molecule has 0 aliphatic carbocycles. The lowest BCUT2D eigenvalue weighted by Crippen LogP contribution is -2.15. The maximum absolute atomic E-state index is 12.7. The lowest BCUT2D eigenvalue weighted by Gasteiger charge is -2.09. The van der Waals surface area contributed by atoms with Crippen molar-refractivity contribution in [3.05, 3.63) is 71.6 Å². The van der Waals surface area contributed by atoms with Gasteiger partial charge in [-0.15, -0.1) is 0 Å². The molecule has 0 atom stereocenters. The molecule has 3 aromatic rings. The molecule has 1 aromatic heterocycles. The maximum atomic E-state index is 12.7. The Kier molecular flexibility index (Phi) is 4.79. The molecule has 4 nitrogen and oxygen atoms in total. The van der Waals surface area contributed by atoms with E-state index in [0.29, 0.717) is 17.3 Å². The zero-order valence-electron chi connectivity index (χ0n) is 13.8. The fourth-order valence-corrected chi connectivity index (χ4v) is 2.42. The quantitative estimate of drug-likeness (QED) is 0.724. The van der Waals surface area contributed by atoms with Gasteiger partial charge in [0.25, 0.3) is 0 Å². The number of amides is 1. The number of nitrogens with one attached hydrogen (secondary N) is 1. The number of rotatable bonds is 4. The van der Waals surface area contributed by atoms with Gasteiger partial charge in [0.2, 0.25) is 11.8 Å². The number of benzene rings is 2. The summed E-state index contributed by atoms with van der Waals surface area (Å²) in [5, 5.41) is 2.45. The number of oxazole rings is 1. The summed E-state index contributed by atoms with van der Waals surface area (Å²) < 4.78 is 43.8. The third kappa shape index (κ3) is 4.11. The van der Waals surface area contributed by atoms with E-state index in [-0.39, 0.29) is 12.1 Å². The maximum Gasteiger partial charge on any atom is 0.416 e. The molecular formula is C19H15F3N2O2. The van der Waals surface area contributed by atoms with Crippen LogP contribution in [0.2, 0.25) is 0 Å². The van der Waals surface area contributed by atoms with Crippen molar-refractivity contribution in [2.24, 2.45) is 0 Å². The van der Waals surface area contributed by atoms with Gasteiger partial charge in [0.1, 0.15) is 5.76 Å². The number of hydrogen-bond acceptors (Lipinski definition) is 3. The Labute approximate surface area is 147 Å². The largest absolute Gasteiger partial charge is 0.440 e. The van der Waals surface area contributed by atoms with Crippen molar-refractivity contribution in [2.45, 2.75) is 19.5 Å². The van der Waals surface area contributed by atoms with Gasteiger partial charge in [-0.2, -0.15) is 13.2 Å². The van der Waals surface area contributed by atoms with E-state index in [4.69, 9.17) is 4.42 Å². The van der Waals surface area contributed by atoms with E-state index < -0.39 is 17.6 Å². The molecule has 0 radical (unpaired) electrons. The zero-order valence-corrected chi connectivity index (χ0v) is 13.8. The molecule has 0 aliphatic rings. The number of alkyl halides is 3. The number of anilines is 1. The summed E-state index contributed by atoms with van der Waals surface area (Å²) >= 11 is 0. The highest BCUT2D eigenvalue weighted by Crippen LogP contribution is 2.30. The van der Waals surface area contributed by atoms with E-state index in [0.717, 1.165) is 17.7 Å². The van der Waals surface area contributed by atoms with Crippen LogP contribution in [0.25, 0.3) is 11.5 Å². The summed E-state index contributed by atoms with van der Waals surface area (Å²) in [5.74, 6) is 0.279. The lowest BCUT2D eigenvalue weighted by molar-refractivity contribution is -0.137. The van der Waals surface area contributed by atoms with Gasteiger partial charge in [0, 0.05) is 11.3 Å². The van der Waals surface area contributed by atoms with Gasteiger partial charge in [0.05, 0.1) is 17.7 Å². The number of halogens is 3. The molecule has 1 heterocycles. The number of aromatic nitrogens is 1. The third-order valence-electron chi connectivity index (χ3n) is 3.71. The summed E-state index contributed by atoms with van der Waals surface area (Å²) in [7, 11) is 0. The standard InChI is InChI=1S/C19H15F3N2O2/c1-12-16(26-18(23-12)13-6-3-2-4-7-13)11-17(25)24-15-9-5-8-14(10-15)19(20,21)22/h2-10H,11H2,1H3,(H,24,25). The Balaban J connectivity index is 1.72. The van der Waals surface area contributed by atoms with Gasteiger partial charge in [-0.1, -0.05) is 24.3 Å². The first-order valence-electron chi connectivity index (χ1n) is 7.82. The minimum atomic E-state index is -4.47. The molecule has 1 N–H and O–H groups in total. The highest BCUT2D eigenvalue weighted by atomic mass is 19.4. The minimum Gasteiger partial charge on any atom is -0.440 e. The molecule has 0 unspecified atom stereocenters. The van der Waals surface area contributed by atoms with Crippen LogP contribution in [0.3, 0.4) is 0 Å². The first kappa shape index (κ1) is 17.7. The SMILES string of the molecule is Cc1nc(-c2ccccc2)oc1CC(=O)Nc1cccc(C(F)(F)F)c1. The van der Waals surface area contributed by atoms with Crippen LogP contribution in [0, 0.1) is 6.92 Å². The molecule has 134 valence electrons. The second-order valence-electron chi connectivity index (χ2n) is 5.70. The van der Waals surface area contributed by atoms with Gasteiger partial charge in [-0.3, -0.25) is 4.79 Å². The molecular weight excluding hydrogens is 345 g/mol. The lowest BCUT2D eigenvalue weighted by atomic mass is 10.2. The van der Waals surface area contributed by atoms with Gasteiger partial charge in [-0.05, 0) is 37.3 Å². The van der Waals surface area contributed by atoms with Crippen molar-refractivity contribution in [3.8, 4) is 11.5 Å². The van der Waals surface area contributed by atoms with Gasteiger partial charge >= 0.3 is 6.18 Å². The van der Waals surface area contributed by atoms with E-state index in [1.54, 1.807) is 6.92 Å². The fraction of sp³-hybridized carbons (Fsp3) is 0.158. The Morgan fingerprint density at radius 3 is 2.54 bits per heavy atom. The summed E-state index contributed by atoms with van der Waals surface area (Å²) in [5.41, 5.74) is 0.589. The van der Waals surface area contributed by atoms with Crippen molar-refractivity contribution in [2.75, 3.05) is 5.32 Å². The first-order chi connectivity index (χ1) is 12.3. The number of aryl methyl sites for hydroxylation is 1. The molecule has 0 aliphatic heterocycles. The molecule has 0 saturated carbocycles. The van der Waals surface area contributed by atoms with E-state index in [9.17, 15) is 18.0 Å². The Hall–Kier alpha value is -3.09. The van der Waals surface area contributed by atoms with Gasteiger partial charge < -0.3 is 9.73 Å².